The van der Waals surface area contributed by atoms with E-state index in [0.717, 1.165) is 22.4 Å². The molecular formula is C15H16N2OS. The van der Waals surface area contributed by atoms with E-state index in [-0.39, 0.29) is 5.11 Å². The molecule has 1 atom stereocenters. The Bertz CT molecular complexity index is 584. The standard InChI is InChI=1S/C15H16N2OS/c1-10-7-8-13(17-15(16)19)12(9-10)14(18)11-5-3-2-4-6-11/h2-9,14,18H,1H3,(H3,16,17,19). The second-order valence-corrected chi connectivity index (χ2v) is 4.83. The van der Waals surface area contributed by atoms with Gasteiger partial charge in [0.05, 0.1) is 0 Å². The fraction of sp³-hybridized carbons (Fsp3) is 0.133. The van der Waals surface area contributed by atoms with Gasteiger partial charge in [0, 0.05) is 11.3 Å². The van der Waals surface area contributed by atoms with Crippen LogP contribution in [0.4, 0.5) is 5.69 Å². The average molecular weight is 272 g/mol. The molecule has 0 radical (unpaired) electrons. The van der Waals surface area contributed by atoms with E-state index in [1.54, 1.807) is 0 Å². The van der Waals surface area contributed by atoms with Crippen LogP contribution in [0.5, 0.6) is 0 Å². The lowest BCUT2D eigenvalue weighted by Gasteiger charge is -2.17. The van der Waals surface area contributed by atoms with Gasteiger partial charge in [-0.05, 0) is 30.8 Å². The van der Waals surface area contributed by atoms with E-state index < -0.39 is 6.10 Å². The van der Waals surface area contributed by atoms with E-state index in [4.69, 9.17) is 18.0 Å². The topological polar surface area (TPSA) is 58.3 Å². The van der Waals surface area contributed by atoms with Gasteiger partial charge in [-0.25, -0.2) is 0 Å². The first-order valence-electron chi connectivity index (χ1n) is 5.98. The number of aliphatic hydroxyl groups is 1. The third-order valence-corrected chi connectivity index (χ3v) is 2.98. The van der Waals surface area contributed by atoms with Crippen LogP contribution < -0.4 is 11.1 Å². The molecule has 4 heteroatoms. The maximum atomic E-state index is 10.5. The Morgan fingerprint density at radius 3 is 2.53 bits per heavy atom. The highest BCUT2D eigenvalue weighted by Crippen LogP contribution is 2.29. The largest absolute Gasteiger partial charge is 0.384 e. The lowest BCUT2D eigenvalue weighted by molar-refractivity contribution is 0.221. The summed E-state index contributed by atoms with van der Waals surface area (Å²) < 4.78 is 0. The highest BCUT2D eigenvalue weighted by molar-refractivity contribution is 7.80. The molecule has 2 aromatic rings. The minimum atomic E-state index is -0.710. The van der Waals surface area contributed by atoms with Crippen molar-refractivity contribution >= 4 is 23.0 Å². The van der Waals surface area contributed by atoms with Gasteiger partial charge in [-0.15, -0.1) is 0 Å². The highest BCUT2D eigenvalue weighted by Gasteiger charge is 2.15. The Hall–Kier alpha value is -1.91. The van der Waals surface area contributed by atoms with Gasteiger partial charge in [-0.1, -0.05) is 48.0 Å². The number of nitrogens with one attached hydrogen (secondary N) is 1. The molecule has 4 N–H and O–H groups in total. The van der Waals surface area contributed by atoms with Crippen molar-refractivity contribution in [1.82, 2.24) is 0 Å². The summed E-state index contributed by atoms with van der Waals surface area (Å²) in [5.74, 6) is 0. The molecule has 19 heavy (non-hydrogen) atoms. The summed E-state index contributed by atoms with van der Waals surface area (Å²) in [5, 5.41) is 13.6. The first kappa shape index (κ1) is 13.5. The molecule has 2 rings (SSSR count). The quantitative estimate of drug-likeness (QED) is 0.752. The molecule has 1 unspecified atom stereocenters. The van der Waals surface area contributed by atoms with Crippen molar-refractivity contribution in [2.45, 2.75) is 13.0 Å². The van der Waals surface area contributed by atoms with Crippen LogP contribution in [-0.4, -0.2) is 10.2 Å². The molecule has 0 amide bonds. The molecule has 0 aliphatic rings. The Kier molecular flexibility index (Phi) is 4.14. The average Bonchev–Trinajstić information content (AvgIpc) is 2.40. The van der Waals surface area contributed by atoms with Gasteiger partial charge >= 0.3 is 0 Å². The molecule has 0 spiro atoms. The third kappa shape index (κ3) is 3.30. The van der Waals surface area contributed by atoms with E-state index in [1.807, 2.05) is 55.5 Å². The molecule has 0 aliphatic carbocycles. The smallest absolute Gasteiger partial charge is 0.168 e. The summed E-state index contributed by atoms with van der Waals surface area (Å²) in [7, 11) is 0. The number of hydrogen-bond donors (Lipinski definition) is 3. The molecule has 3 nitrogen and oxygen atoms in total. The second kappa shape index (κ2) is 5.82. The van der Waals surface area contributed by atoms with E-state index in [0.29, 0.717) is 0 Å². The Balaban J connectivity index is 2.42. The number of aryl methyl sites for hydroxylation is 1. The van der Waals surface area contributed by atoms with Crippen molar-refractivity contribution < 1.29 is 5.11 Å². The van der Waals surface area contributed by atoms with Gasteiger partial charge < -0.3 is 16.2 Å². The van der Waals surface area contributed by atoms with Crippen LogP contribution in [0.15, 0.2) is 48.5 Å². The third-order valence-electron chi connectivity index (χ3n) is 2.87. The van der Waals surface area contributed by atoms with E-state index in [2.05, 4.69) is 5.32 Å². The fourth-order valence-corrected chi connectivity index (χ4v) is 2.08. The molecule has 2 aromatic carbocycles. The summed E-state index contributed by atoms with van der Waals surface area (Å²) in [4.78, 5) is 0. The minimum Gasteiger partial charge on any atom is -0.384 e. The first-order valence-corrected chi connectivity index (χ1v) is 6.39. The molecule has 0 aliphatic heterocycles. The van der Waals surface area contributed by atoms with Crippen LogP contribution >= 0.6 is 12.2 Å². The SMILES string of the molecule is Cc1ccc(NC(N)=S)c(C(O)c2ccccc2)c1. The van der Waals surface area contributed by atoms with Gasteiger partial charge in [-0.2, -0.15) is 0 Å². The van der Waals surface area contributed by atoms with Crippen molar-refractivity contribution in [2.24, 2.45) is 5.73 Å². The zero-order valence-electron chi connectivity index (χ0n) is 10.6. The summed E-state index contributed by atoms with van der Waals surface area (Å²) in [6.07, 6.45) is -0.710. The first-order chi connectivity index (χ1) is 9.08. The molecule has 0 saturated carbocycles. The Labute approximate surface area is 118 Å². The molecule has 0 aromatic heterocycles. The van der Waals surface area contributed by atoms with Crippen molar-refractivity contribution in [3.63, 3.8) is 0 Å². The van der Waals surface area contributed by atoms with Gasteiger partial charge in [0.15, 0.2) is 5.11 Å². The Morgan fingerprint density at radius 2 is 1.89 bits per heavy atom. The zero-order chi connectivity index (χ0) is 13.8. The fourth-order valence-electron chi connectivity index (χ4n) is 1.97. The van der Waals surface area contributed by atoms with Gasteiger partial charge in [0.1, 0.15) is 6.10 Å². The van der Waals surface area contributed by atoms with E-state index >= 15 is 0 Å². The number of rotatable bonds is 3. The lowest BCUT2D eigenvalue weighted by Crippen LogP contribution is -2.20. The summed E-state index contributed by atoms with van der Waals surface area (Å²) in [6, 6.07) is 15.2. The van der Waals surface area contributed by atoms with Crippen LogP contribution in [-0.2, 0) is 0 Å². The maximum absolute atomic E-state index is 10.5. The van der Waals surface area contributed by atoms with Gasteiger partial charge in [0.2, 0.25) is 0 Å². The number of benzene rings is 2. The normalized spacial score (nSPS) is 11.9. The van der Waals surface area contributed by atoms with E-state index in [1.165, 1.54) is 0 Å². The molecule has 0 saturated heterocycles. The summed E-state index contributed by atoms with van der Waals surface area (Å²) in [5.41, 5.74) is 8.90. The van der Waals surface area contributed by atoms with Crippen molar-refractivity contribution in [1.29, 1.82) is 0 Å². The molecule has 0 bridgehead atoms. The van der Waals surface area contributed by atoms with Gasteiger partial charge in [-0.3, -0.25) is 0 Å². The zero-order valence-corrected chi connectivity index (χ0v) is 11.4. The Morgan fingerprint density at radius 1 is 1.21 bits per heavy atom. The van der Waals surface area contributed by atoms with Crippen LogP contribution in [0.2, 0.25) is 0 Å². The number of anilines is 1. The van der Waals surface area contributed by atoms with Crippen molar-refractivity contribution in [2.75, 3.05) is 5.32 Å². The second-order valence-electron chi connectivity index (χ2n) is 4.39. The predicted molar refractivity (Wildman–Crippen MR) is 82.1 cm³/mol. The molecule has 98 valence electrons. The van der Waals surface area contributed by atoms with E-state index in [9.17, 15) is 5.11 Å². The molecular weight excluding hydrogens is 256 g/mol. The highest BCUT2D eigenvalue weighted by atomic mass is 32.1. The molecule has 0 fully saturated rings. The number of thiocarbonyl (C=S) groups is 1. The minimum absolute atomic E-state index is 0.186. The number of aliphatic hydroxyl groups excluding tert-OH is 1. The van der Waals surface area contributed by atoms with Gasteiger partial charge in [0.25, 0.3) is 0 Å². The summed E-state index contributed by atoms with van der Waals surface area (Å²) in [6.45, 7) is 1.98. The lowest BCUT2D eigenvalue weighted by atomic mass is 9.98. The summed E-state index contributed by atoms with van der Waals surface area (Å²) >= 11 is 4.86. The van der Waals surface area contributed by atoms with Crippen LogP contribution in [0, 0.1) is 6.92 Å². The van der Waals surface area contributed by atoms with Crippen LogP contribution in [0.25, 0.3) is 0 Å². The van der Waals surface area contributed by atoms with Crippen LogP contribution in [0.1, 0.15) is 22.8 Å². The van der Waals surface area contributed by atoms with Crippen molar-refractivity contribution in [3.05, 3.63) is 65.2 Å². The number of nitrogens with two attached hydrogens (primary N) is 1. The monoisotopic (exact) mass is 272 g/mol. The van der Waals surface area contributed by atoms with Crippen LogP contribution in [0.3, 0.4) is 0 Å². The molecule has 0 heterocycles. The number of hydrogen-bond acceptors (Lipinski definition) is 2. The predicted octanol–water partition coefficient (Wildman–Crippen LogP) is 2.73. The maximum Gasteiger partial charge on any atom is 0.168 e. The van der Waals surface area contributed by atoms with Crippen molar-refractivity contribution in [3.8, 4) is 0 Å².